The maximum absolute atomic E-state index is 8.72. The second-order valence-electron chi connectivity index (χ2n) is 3.67. The first-order chi connectivity index (χ1) is 8.69. The summed E-state index contributed by atoms with van der Waals surface area (Å²) in [4.78, 5) is 0.966. The van der Waals surface area contributed by atoms with E-state index in [2.05, 4.69) is 6.07 Å². The van der Waals surface area contributed by atoms with Gasteiger partial charge in [0.25, 0.3) is 0 Å². The third kappa shape index (κ3) is 3.43. The van der Waals surface area contributed by atoms with E-state index in [1.165, 1.54) is 0 Å². The second-order valence-corrected chi connectivity index (χ2v) is 5.53. The monoisotopic (exact) mass is 293 g/mol. The average molecular weight is 294 g/mol. The smallest absolute Gasteiger partial charge is 0.0991 e. The lowest BCUT2D eigenvalue weighted by molar-refractivity contribution is 1.37. The van der Waals surface area contributed by atoms with Gasteiger partial charge in [0, 0.05) is 15.7 Å². The average Bonchev–Trinajstić information content (AvgIpc) is 2.40. The van der Waals surface area contributed by atoms with Gasteiger partial charge in [0.2, 0.25) is 0 Å². The fourth-order valence-electron chi connectivity index (χ4n) is 1.42. The van der Waals surface area contributed by atoms with Crippen molar-refractivity contribution in [2.24, 2.45) is 0 Å². The lowest BCUT2D eigenvalue weighted by Gasteiger charge is -2.05. The number of hydrogen-bond acceptors (Lipinski definition) is 2. The summed E-state index contributed by atoms with van der Waals surface area (Å²) >= 11 is 13.6. The summed E-state index contributed by atoms with van der Waals surface area (Å²) in [7, 11) is 0. The number of thioether (sulfide) groups is 1. The zero-order valence-electron chi connectivity index (χ0n) is 9.36. The summed E-state index contributed by atoms with van der Waals surface area (Å²) < 4.78 is 0. The number of nitrogens with zero attached hydrogens (tertiary/aromatic N) is 1. The molecule has 0 aliphatic heterocycles. The molecule has 2 aromatic rings. The molecule has 0 saturated carbocycles. The lowest BCUT2D eigenvalue weighted by Crippen LogP contribution is -1.82. The van der Waals surface area contributed by atoms with E-state index >= 15 is 0 Å². The van der Waals surface area contributed by atoms with Gasteiger partial charge >= 0.3 is 0 Å². The van der Waals surface area contributed by atoms with Crippen molar-refractivity contribution in [2.45, 2.75) is 10.6 Å². The minimum atomic E-state index is 0.671. The molecule has 0 amide bonds. The number of nitriles is 1. The Hall–Kier alpha value is -1.14. The third-order valence-corrected chi connectivity index (χ3v) is 4.17. The lowest BCUT2D eigenvalue weighted by atomic mass is 10.2. The molecule has 2 rings (SSSR count). The van der Waals surface area contributed by atoms with E-state index in [-0.39, 0.29) is 0 Å². The number of benzene rings is 2. The highest BCUT2D eigenvalue weighted by molar-refractivity contribution is 7.98. The van der Waals surface area contributed by atoms with Gasteiger partial charge < -0.3 is 0 Å². The van der Waals surface area contributed by atoms with E-state index in [1.807, 2.05) is 30.3 Å². The molecule has 4 heteroatoms. The Morgan fingerprint density at radius 1 is 1.06 bits per heavy atom. The molecule has 0 bridgehead atoms. The third-order valence-electron chi connectivity index (χ3n) is 2.37. The Morgan fingerprint density at radius 2 is 1.78 bits per heavy atom. The van der Waals surface area contributed by atoms with E-state index in [1.54, 1.807) is 23.9 Å². The first-order valence-electron chi connectivity index (χ1n) is 5.26. The summed E-state index contributed by atoms with van der Waals surface area (Å²) in [5, 5.41) is 10.1. The normalized spacial score (nSPS) is 10.1. The minimum absolute atomic E-state index is 0.671. The van der Waals surface area contributed by atoms with Crippen molar-refractivity contribution in [3.05, 3.63) is 63.6 Å². The van der Waals surface area contributed by atoms with Crippen LogP contribution in [0, 0.1) is 11.3 Å². The quantitative estimate of drug-likeness (QED) is 0.730. The summed E-state index contributed by atoms with van der Waals surface area (Å²) in [5.41, 5.74) is 1.82. The van der Waals surface area contributed by atoms with Crippen LogP contribution in [-0.4, -0.2) is 0 Å². The predicted octanol–water partition coefficient (Wildman–Crippen LogP) is 5.16. The highest BCUT2D eigenvalue weighted by Gasteiger charge is 2.03. The largest absolute Gasteiger partial charge is 0.192 e. The van der Waals surface area contributed by atoms with E-state index in [0.717, 1.165) is 16.2 Å². The van der Waals surface area contributed by atoms with Gasteiger partial charge in [-0.2, -0.15) is 5.26 Å². The van der Waals surface area contributed by atoms with Crippen LogP contribution in [0.3, 0.4) is 0 Å². The summed E-state index contributed by atoms with van der Waals surface area (Å²) in [6.45, 7) is 0. The molecule has 0 aliphatic carbocycles. The molecular formula is C14H9Cl2NS. The minimum Gasteiger partial charge on any atom is -0.192 e. The van der Waals surface area contributed by atoms with Gasteiger partial charge in [0.1, 0.15) is 0 Å². The highest BCUT2D eigenvalue weighted by atomic mass is 35.5. The molecule has 90 valence electrons. The number of rotatable bonds is 3. The Bertz CT molecular complexity index is 588. The zero-order valence-corrected chi connectivity index (χ0v) is 11.7. The fourth-order valence-corrected chi connectivity index (χ4v) is 2.87. The molecule has 0 spiro atoms. The molecule has 2 aromatic carbocycles. The van der Waals surface area contributed by atoms with Crippen molar-refractivity contribution >= 4 is 35.0 Å². The van der Waals surface area contributed by atoms with Crippen molar-refractivity contribution in [2.75, 3.05) is 0 Å². The van der Waals surface area contributed by atoms with Crippen molar-refractivity contribution in [3.8, 4) is 6.07 Å². The molecule has 0 atom stereocenters. The van der Waals surface area contributed by atoms with E-state index in [9.17, 15) is 0 Å². The van der Waals surface area contributed by atoms with Crippen molar-refractivity contribution in [3.63, 3.8) is 0 Å². The molecular weight excluding hydrogens is 285 g/mol. The van der Waals surface area contributed by atoms with Crippen LogP contribution in [0.1, 0.15) is 11.1 Å². The molecule has 1 nitrogen and oxygen atoms in total. The number of hydrogen-bond donors (Lipinski definition) is 0. The molecule has 0 radical (unpaired) electrons. The number of halogens is 2. The van der Waals surface area contributed by atoms with E-state index in [0.29, 0.717) is 15.6 Å². The molecule has 18 heavy (non-hydrogen) atoms. The molecule has 0 aromatic heterocycles. The van der Waals surface area contributed by atoms with Crippen LogP contribution in [0.15, 0.2) is 47.4 Å². The van der Waals surface area contributed by atoms with Gasteiger partial charge in [-0.05, 0) is 35.9 Å². The summed E-state index contributed by atoms with van der Waals surface area (Å²) in [6, 6.07) is 15.1. The first-order valence-corrected chi connectivity index (χ1v) is 7.00. The molecule has 0 saturated heterocycles. The van der Waals surface area contributed by atoms with E-state index in [4.69, 9.17) is 28.5 Å². The molecule has 0 aliphatic rings. The van der Waals surface area contributed by atoms with Crippen LogP contribution >= 0.6 is 35.0 Å². The maximum Gasteiger partial charge on any atom is 0.0991 e. The van der Waals surface area contributed by atoms with Crippen LogP contribution in [0.4, 0.5) is 0 Å². The second kappa shape index (κ2) is 6.15. The van der Waals surface area contributed by atoms with Crippen molar-refractivity contribution < 1.29 is 0 Å². The van der Waals surface area contributed by atoms with Gasteiger partial charge in [-0.1, -0.05) is 35.3 Å². The molecule has 0 unspecified atom stereocenters. The predicted molar refractivity (Wildman–Crippen MR) is 77.2 cm³/mol. The van der Waals surface area contributed by atoms with Crippen LogP contribution in [0.25, 0.3) is 0 Å². The van der Waals surface area contributed by atoms with Crippen molar-refractivity contribution in [1.82, 2.24) is 0 Å². The molecule has 0 heterocycles. The standard InChI is InChI=1S/C14H9Cl2NS/c15-12-5-6-13(16)14(7-12)18-9-11-3-1-10(8-17)2-4-11/h1-7H,9H2. The van der Waals surface area contributed by atoms with Crippen LogP contribution in [0.2, 0.25) is 10.0 Å². The van der Waals surface area contributed by atoms with Crippen LogP contribution in [-0.2, 0) is 5.75 Å². The summed E-state index contributed by atoms with van der Waals surface area (Å²) in [5.74, 6) is 0.797. The Morgan fingerprint density at radius 3 is 2.44 bits per heavy atom. The van der Waals surface area contributed by atoms with Gasteiger partial charge in [-0.3, -0.25) is 0 Å². The SMILES string of the molecule is N#Cc1ccc(CSc2cc(Cl)ccc2Cl)cc1. The first kappa shape index (κ1) is 13.3. The van der Waals surface area contributed by atoms with Gasteiger partial charge in [-0.15, -0.1) is 11.8 Å². The summed E-state index contributed by atoms with van der Waals surface area (Å²) in [6.07, 6.45) is 0. The Labute approximate surface area is 120 Å². The van der Waals surface area contributed by atoms with E-state index < -0.39 is 0 Å². The van der Waals surface area contributed by atoms with Gasteiger partial charge in [0.15, 0.2) is 0 Å². The fraction of sp³-hybridized carbons (Fsp3) is 0.0714. The van der Waals surface area contributed by atoms with Gasteiger partial charge in [0.05, 0.1) is 16.7 Å². The van der Waals surface area contributed by atoms with Crippen LogP contribution < -0.4 is 0 Å². The van der Waals surface area contributed by atoms with Crippen molar-refractivity contribution in [1.29, 1.82) is 5.26 Å². The van der Waals surface area contributed by atoms with Gasteiger partial charge in [-0.25, -0.2) is 0 Å². The van der Waals surface area contributed by atoms with Crippen LogP contribution in [0.5, 0.6) is 0 Å². The highest BCUT2D eigenvalue weighted by Crippen LogP contribution is 2.31. The molecule has 0 N–H and O–H groups in total. The topological polar surface area (TPSA) is 23.8 Å². The molecule has 0 fully saturated rings. The Balaban J connectivity index is 2.07. The zero-order chi connectivity index (χ0) is 13.0. The maximum atomic E-state index is 8.72. The Kier molecular flexibility index (Phi) is 4.54.